The molecule has 0 aliphatic heterocycles. The normalized spacial score (nSPS) is 12.9. The second-order valence-corrected chi connectivity index (χ2v) is 5.95. The zero-order valence-corrected chi connectivity index (χ0v) is 15.5. The van der Waals surface area contributed by atoms with Crippen LogP contribution in [-0.4, -0.2) is 39.9 Å². The van der Waals surface area contributed by atoms with Gasteiger partial charge in [0.2, 0.25) is 0 Å². The Morgan fingerprint density at radius 3 is 2.09 bits per heavy atom. The van der Waals surface area contributed by atoms with E-state index in [1.54, 1.807) is 28.3 Å². The summed E-state index contributed by atoms with van der Waals surface area (Å²) in [6, 6.07) is 0. The number of unbranched alkanes of at least 4 members (excludes halogenated alkanes) is 4. The largest absolute Gasteiger partial charge is 0.462 e. The molecule has 5 nitrogen and oxygen atoms in total. The molecule has 0 aromatic heterocycles. The summed E-state index contributed by atoms with van der Waals surface area (Å²) >= 11 is 0. The molecule has 5 heteroatoms. The molecule has 0 saturated carbocycles. The first-order valence-corrected chi connectivity index (χ1v) is 8.42. The zero-order valence-electron chi connectivity index (χ0n) is 15.5. The van der Waals surface area contributed by atoms with Crippen LogP contribution in [0.25, 0.3) is 0 Å². The predicted octanol–water partition coefficient (Wildman–Crippen LogP) is 4.07. The molecule has 0 radical (unpaired) electrons. The number of hydrogen-bond donors (Lipinski definition) is 0. The molecule has 0 aromatic rings. The van der Waals surface area contributed by atoms with E-state index in [9.17, 15) is 4.79 Å². The van der Waals surface area contributed by atoms with Gasteiger partial charge >= 0.3 is 5.97 Å². The second-order valence-electron chi connectivity index (χ2n) is 5.95. The van der Waals surface area contributed by atoms with Crippen LogP contribution in [0.1, 0.15) is 58.8 Å². The van der Waals surface area contributed by atoms with Crippen molar-refractivity contribution in [2.24, 2.45) is 5.92 Å². The van der Waals surface area contributed by atoms with Crippen molar-refractivity contribution in [1.29, 1.82) is 0 Å². The molecule has 0 bridgehead atoms. The lowest BCUT2D eigenvalue weighted by Crippen LogP contribution is -2.39. The molecule has 0 aliphatic rings. The van der Waals surface area contributed by atoms with E-state index in [4.69, 9.17) is 18.9 Å². The van der Waals surface area contributed by atoms with Gasteiger partial charge in [-0.05, 0) is 13.3 Å². The van der Waals surface area contributed by atoms with E-state index in [1.165, 1.54) is 25.7 Å². The average molecular weight is 330 g/mol. The molecule has 0 fully saturated rings. The second kappa shape index (κ2) is 12.5. The van der Waals surface area contributed by atoms with Crippen LogP contribution in [0.3, 0.4) is 0 Å². The van der Waals surface area contributed by atoms with Crippen LogP contribution in [0.4, 0.5) is 0 Å². The van der Waals surface area contributed by atoms with Gasteiger partial charge < -0.3 is 18.9 Å². The Labute approximate surface area is 141 Å². The molecule has 1 unspecified atom stereocenters. The Morgan fingerprint density at radius 2 is 1.61 bits per heavy atom. The highest BCUT2D eigenvalue weighted by Gasteiger charge is 2.33. The van der Waals surface area contributed by atoms with E-state index < -0.39 is 5.97 Å². The van der Waals surface area contributed by atoms with E-state index in [0.29, 0.717) is 18.6 Å². The molecule has 0 rings (SSSR count). The van der Waals surface area contributed by atoms with Crippen molar-refractivity contribution in [3.8, 4) is 0 Å². The van der Waals surface area contributed by atoms with E-state index in [2.05, 4.69) is 13.5 Å². The van der Waals surface area contributed by atoms with Crippen LogP contribution >= 0.6 is 0 Å². The maximum atomic E-state index is 11.6. The average Bonchev–Trinajstić information content (AvgIpc) is 2.56. The molecular weight excluding hydrogens is 296 g/mol. The predicted molar refractivity (Wildman–Crippen MR) is 91.0 cm³/mol. The number of methoxy groups -OCH3 is 3. The molecule has 0 N–H and O–H groups in total. The van der Waals surface area contributed by atoms with Gasteiger partial charge in [0.25, 0.3) is 5.97 Å². The lowest BCUT2D eigenvalue weighted by Gasteiger charge is -2.32. The summed E-state index contributed by atoms with van der Waals surface area (Å²) in [6.07, 6.45) is 7.42. The highest BCUT2D eigenvalue weighted by atomic mass is 16.9. The van der Waals surface area contributed by atoms with E-state index in [0.717, 1.165) is 12.8 Å². The fraction of sp³-hybridized carbons (Fsp3) is 0.833. The molecule has 0 spiro atoms. The van der Waals surface area contributed by atoms with Crippen LogP contribution in [0, 0.1) is 5.92 Å². The van der Waals surface area contributed by atoms with E-state index in [-0.39, 0.29) is 11.9 Å². The first kappa shape index (κ1) is 22.1. The van der Waals surface area contributed by atoms with Crippen LogP contribution in [0.5, 0.6) is 0 Å². The molecule has 0 aliphatic carbocycles. The summed E-state index contributed by atoms with van der Waals surface area (Å²) in [5, 5.41) is 0. The third kappa shape index (κ3) is 9.08. The Morgan fingerprint density at radius 1 is 1.04 bits per heavy atom. The highest BCUT2D eigenvalue weighted by molar-refractivity contribution is 5.86. The molecule has 1 atom stereocenters. The Bertz CT molecular complexity index is 328. The number of ether oxygens (including phenoxy) is 4. The SMILES string of the molecule is C=C(C)C(=O)OCC(CCCCCCC)CC(OC)(OC)OC. The maximum absolute atomic E-state index is 11.6. The van der Waals surface area contributed by atoms with Crippen LogP contribution in [-0.2, 0) is 23.7 Å². The molecular formula is C18H34O5. The van der Waals surface area contributed by atoms with Crippen molar-refractivity contribution in [3.05, 3.63) is 12.2 Å². The summed E-state index contributed by atoms with van der Waals surface area (Å²) in [5.41, 5.74) is 0.406. The van der Waals surface area contributed by atoms with Crippen molar-refractivity contribution < 1.29 is 23.7 Å². The zero-order chi connectivity index (χ0) is 17.7. The standard InChI is InChI=1S/C18H34O5/c1-7-8-9-10-11-12-16(14-23-17(19)15(2)3)13-18(20-4,21-5)22-6/h16H,2,7-14H2,1,3-6H3. The monoisotopic (exact) mass is 330 g/mol. The van der Waals surface area contributed by atoms with Gasteiger partial charge in [0, 0.05) is 39.2 Å². The van der Waals surface area contributed by atoms with Crippen molar-refractivity contribution in [2.45, 2.75) is 64.8 Å². The minimum atomic E-state index is -1.09. The molecule has 23 heavy (non-hydrogen) atoms. The van der Waals surface area contributed by atoms with Crippen LogP contribution in [0.2, 0.25) is 0 Å². The molecule has 0 saturated heterocycles. The van der Waals surface area contributed by atoms with Gasteiger partial charge in [-0.15, -0.1) is 0 Å². The van der Waals surface area contributed by atoms with E-state index >= 15 is 0 Å². The summed E-state index contributed by atoms with van der Waals surface area (Å²) in [5.74, 6) is -1.34. The van der Waals surface area contributed by atoms with E-state index in [1.807, 2.05) is 0 Å². The van der Waals surface area contributed by atoms with Crippen molar-refractivity contribution in [1.82, 2.24) is 0 Å². The number of hydrogen-bond acceptors (Lipinski definition) is 5. The van der Waals surface area contributed by atoms with Crippen molar-refractivity contribution >= 4 is 5.97 Å². The van der Waals surface area contributed by atoms with Gasteiger partial charge in [-0.1, -0.05) is 45.6 Å². The van der Waals surface area contributed by atoms with Gasteiger partial charge in [0.05, 0.1) is 6.61 Å². The third-order valence-electron chi connectivity index (χ3n) is 3.99. The maximum Gasteiger partial charge on any atom is 0.333 e. The molecule has 0 heterocycles. The summed E-state index contributed by atoms with van der Waals surface area (Å²) < 4.78 is 21.4. The fourth-order valence-corrected chi connectivity index (χ4v) is 2.45. The highest BCUT2D eigenvalue weighted by Crippen LogP contribution is 2.27. The van der Waals surface area contributed by atoms with Gasteiger partial charge in [-0.3, -0.25) is 0 Å². The van der Waals surface area contributed by atoms with Crippen LogP contribution < -0.4 is 0 Å². The van der Waals surface area contributed by atoms with Gasteiger partial charge in [0.15, 0.2) is 0 Å². The number of carbonyl (C=O) groups excluding carboxylic acids is 1. The van der Waals surface area contributed by atoms with Crippen molar-refractivity contribution in [3.63, 3.8) is 0 Å². The number of carbonyl (C=O) groups is 1. The summed E-state index contributed by atoms with van der Waals surface area (Å²) in [4.78, 5) is 11.6. The molecule has 0 aromatic carbocycles. The smallest absolute Gasteiger partial charge is 0.333 e. The molecule has 136 valence electrons. The quantitative estimate of drug-likeness (QED) is 0.208. The minimum absolute atomic E-state index is 0.111. The van der Waals surface area contributed by atoms with Crippen LogP contribution in [0.15, 0.2) is 12.2 Å². The first-order chi connectivity index (χ1) is 10.9. The Balaban J connectivity index is 4.58. The van der Waals surface area contributed by atoms with Crippen molar-refractivity contribution in [2.75, 3.05) is 27.9 Å². The van der Waals surface area contributed by atoms with Gasteiger partial charge in [-0.2, -0.15) is 0 Å². The fourth-order valence-electron chi connectivity index (χ4n) is 2.45. The first-order valence-electron chi connectivity index (χ1n) is 8.42. The Kier molecular flexibility index (Phi) is 12.0. The summed E-state index contributed by atoms with van der Waals surface area (Å²) in [6.45, 7) is 7.76. The molecule has 0 amide bonds. The van der Waals surface area contributed by atoms with Gasteiger partial charge in [-0.25, -0.2) is 4.79 Å². The topological polar surface area (TPSA) is 54.0 Å². The van der Waals surface area contributed by atoms with Gasteiger partial charge in [0.1, 0.15) is 0 Å². The Hall–Kier alpha value is -0.910. The number of esters is 1. The lowest BCUT2D eigenvalue weighted by atomic mass is 9.96. The summed E-state index contributed by atoms with van der Waals surface area (Å²) in [7, 11) is 4.64. The minimum Gasteiger partial charge on any atom is -0.462 e. The third-order valence-corrected chi connectivity index (χ3v) is 3.99. The number of rotatable bonds is 14. The lowest BCUT2D eigenvalue weighted by molar-refractivity contribution is -0.360.